The molecule has 5 amide bonds. The van der Waals surface area contributed by atoms with Gasteiger partial charge in [-0.3, -0.25) is 43.4 Å². The number of amides is 5. The topological polar surface area (TPSA) is 279 Å². The number of unbranched alkanes of at least 4 members (excludes halogenated alkanes) is 1. The fourth-order valence-electron chi connectivity index (χ4n) is 8.26. The van der Waals surface area contributed by atoms with Crippen molar-refractivity contribution in [2.45, 2.75) is 169 Å². The van der Waals surface area contributed by atoms with Crippen molar-refractivity contribution < 1.29 is 43.5 Å². The summed E-state index contributed by atoms with van der Waals surface area (Å²) >= 11 is 0. The van der Waals surface area contributed by atoms with Crippen LogP contribution in [0.15, 0.2) is 72.6 Å². The number of aryl methyl sites for hydroxylation is 2. The molecule has 2 aliphatic rings. The van der Waals surface area contributed by atoms with E-state index >= 15 is 0 Å². The van der Waals surface area contributed by atoms with Crippen molar-refractivity contribution in [3.63, 3.8) is 0 Å². The van der Waals surface area contributed by atoms with Crippen LogP contribution in [-0.4, -0.2) is 137 Å². The number of hydrogen-bond acceptors (Lipinski definition) is 14. The number of benzene rings is 2. The van der Waals surface area contributed by atoms with Gasteiger partial charge in [0, 0.05) is 82.8 Å². The quantitative estimate of drug-likeness (QED) is 0.0470. The fourth-order valence-corrected chi connectivity index (χ4v) is 8.26. The van der Waals surface area contributed by atoms with Crippen LogP contribution < -0.4 is 38.4 Å². The number of nitrogens with zero attached hydrogens (tertiary/aromatic N) is 3. The van der Waals surface area contributed by atoms with Gasteiger partial charge in [-0.2, -0.15) is 0 Å². The summed E-state index contributed by atoms with van der Waals surface area (Å²) in [5.41, 5.74) is 20.1. The number of hydrazine groups is 2. The Morgan fingerprint density at radius 1 is 0.737 bits per heavy atom. The Bertz CT molecular complexity index is 2000. The number of carbonyl (C=O) groups excluding carboxylic acids is 8. The van der Waals surface area contributed by atoms with Crippen LogP contribution in [0.1, 0.15) is 148 Å². The van der Waals surface area contributed by atoms with Gasteiger partial charge in [-0.25, -0.2) is 0 Å². The van der Waals surface area contributed by atoms with Gasteiger partial charge < -0.3 is 47.7 Å². The molecule has 1 aliphatic carbocycles. The summed E-state index contributed by atoms with van der Waals surface area (Å²) in [4.78, 5) is 105. The molecule has 0 spiro atoms. The highest BCUT2D eigenvalue weighted by atomic mass is 16.2. The first kappa shape index (κ1) is 68.0. The zero-order chi connectivity index (χ0) is 56.7. The molecule has 2 atom stereocenters. The van der Waals surface area contributed by atoms with E-state index in [4.69, 9.17) is 16.6 Å². The van der Waals surface area contributed by atoms with E-state index in [0.29, 0.717) is 37.7 Å². The number of hydrogen-bond donors (Lipinski definition) is 8. The Hall–Kier alpha value is -6.02. The first-order chi connectivity index (χ1) is 36.3. The molecule has 1 heterocycles. The molecule has 1 aliphatic heterocycles. The summed E-state index contributed by atoms with van der Waals surface area (Å²) in [6.45, 7) is 16.6. The lowest BCUT2D eigenvalue weighted by molar-refractivity contribution is -0.135. The minimum Gasteiger partial charge on any atom is -0.397 e. The number of aliphatic hydroxyl groups is 1. The van der Waals surface area contributed by atoms with E-state index in [2.05, 4.69) is 90.7 Å². The van der Waals surface area contributed by atoms with Crippen molar-refractivity contribution in [2.75, 3.05) is 52.4 Å². The van der Waals surface area contributed by atoms with Crippen LogP contribution in [0, 0.1) is 19.8 Å². The summed E-state index contributed by atoms with van der Waals surface area (Å²) < 4.78 is 0. The maximum atomic E-state index is 13.4. The van der Waals surface area contributed by atoms with Gasteiger partial charge in [-0.15, -0.1) is 5.53 Å². The van der Waals surface area contributed by atoms with Crippen LogP contribution in [0.25, 0.3) is 0 Å². The smallest absolute Gasteiger partial charge is 0.237 e. The fraction of sp³-hybridized carbons (Fsp3) is 0.614. The number of Topliss-reactive ketones (excluding diaryl/α,β-unsaturated/α-hetero) is 3. The lowest BCUT2D eigenvalue weighted by Gasteiger charge is -2.25. The third kappa shape index (κ3) is 32.4. The van der Waals surface area contributed by atoms with Crippen LogP contribution in [-0.2, 0) is 38.4 Å². The number of nitrogens with two attached hydrogens (primary N) is 2. The molecule has 0 unspecified atom stereocenters. The molecule has 0 saturated heterocycles. The number of primary amides is 1. The molecule has 19 heteroatoms. The average molecular weight is 1060 g/mol. The van der Waals surface area contributed by atoms with Crippen LogP contribution in [0.5, 0.6) is 0 Å². The Labute approximate surface area is 453 Å². The van der Waals surface area contributed by atoms with E-state index in [9.17, 15) is 38.4 Å². The molecule has 10 N–H and O–H groups in total. The van der Waals surface area contributed by atoms with Crippen LogP contribution in [0.4, 0.5) is 0 Å². The van der Waals surface area contributed by atoms with E-state index < -0.39 is 35.7 Å². The van der Waals surface area contributed by atoms with E-state index in [-0.39, 0.29) is 100 Å². The zero-order valence-corrected chi connectivity index (χ0v) is 46.8. The molecule has 2 aromatic carbocycles. The highest BCUT2D eigenvalue weighted by Crippen LogP contribution is 2.25. The second kappa shape index (κ2) is 41.2. The molecule has 0 radical (unpaired) electrons. The van der Waals surface area contributed by atoms with Gasteiger partial charge in [0.15, 0.2) is 11.6 Å². The molecule has 19 nitrogen and oxygen atoms in total. The van der Waals surface area contributed by atoms with Crippen molar-refractivity contribution in [2.24, 2.45) is 17.4 Å². The van der Waals surface area contributed by atoms with Crippen molar-refractivity contribution in [1.29, 1.82) is 0 Å². The number of rotatable bonds is 31. The maximum Gasteiger partial charge on any atom is 0.237 e. The van der Waals surface area contributed by atoms with Crippen molar-refractivity contribution in [3.05, 3.63) is 83.7 Å². The van der Waals surface area contributed by atoms with Gasteiger partial charge in [0.1, 0.15) is 5.78 Å². The van der Waals surface area contributed by atoms with Gasteiger partial charge in [0.25, 0.3) is 0 Å². The average Bonchev–Trinajstić information content (AvgIpc) is 3.85. The monoisotopic (exact) mass is 1060 g/mol. The maximum absolute atomic E-state index is 13.4. The normalized spacial score (nSPS) is 13.7. The molecule has 1 saturated carbocycles. The minimum atomic E-state index is -0.860. The van der Waals surface area contributed by atoms with E-state index in [0.717, 1.165) is 58.0 Å². The molecule has 426 valence electrons. The Kier molecular flexibility index (Phi) is 36.8. The van der Waals surface area contributed by atoms with E-state index in [1.165, 1.54) is 16.0 Å². The Balaban J connectivity index is 0.00000143. The lowest BCUT2D eigenvalue weighted by Crippen LogP contribution is -2.43. The largest absolute Gasteiger partial charge is 0.397 e. The first-order valence-corrected chi connectivity index (χ1v) is 27.4. The molecule has 4 rings (SSSR count). The SMILES string of the molecule is CCN(CCCC[C@H](NC(=O)CCC(=O)[C@H](C)NC(=O)CCC(=O)C1CCCCC1)C(=O)CCC(=O)NCCC(=O)N(CC(N)=O)CC1=CN(CCCN)NN1)C(C)C.CCO.Cc1ccccc1.Cc1ccccc1. The lowest BCUT2D eigenvalue weighted by atomic mass is 9.85. The number of nitrogens with one attached hydrogen (secondary N) is 5. The standard InChI is InChI=1S/C41H72N10O8.2C7H8.C2H6O/c1-5-49(29(2)3)24-10-9-14-33(46-40(58)19-15-34(52)30(4)45-39(57)20-16-35(53)31-12-7-6-8-13-31)36(54)17-18-38(56)44-23-21-41(59)50(28-37(43)55)26-32-27-51(48-47-32)25-11-22-42;2*1-7-5-3-2-4-6-7;1-2-3/h27,29-31,33,47-48H,5-26,28,42H2,1-4H3,(H2,43,55)(H,44,56)(H,45,57)(H,46,58);2*2-6H,1H3;3H,2H2,1H3/t30-,33-;;;/m0.../s1. The summed E-state index contributed by atoms with van der Waals surface area (Å²) in [6.07, 6.45) is 8.66. The number of ketones is 3. The van der Waals surface area contributed by atoms with E-state index in [1.807, 2.05) is 36.4 Å². The summed E-state index contributed by atoms with van der Waals surface area (Å²) in [6, 6.07) is 19.2. The Morgan fingerprint density at radius 3 is 1.84 bits per heavy atom. The van der Waals surface area contributed by atoms with Crippen molar-refractivity contribution >= 4 is 46.9 Å². The van der Waals surface area contributed by atoms with Gasteiger partial charge in [-0.1, -0.05) is 98.0 Å². The minimum absolute atomic E-state index is 0.0142. The van der Waals surface area contributed by atoms with Gasteiger partial charge in [0.05, 0.1) is 30.9 Å². The third-order valence-electron chi connectivity index (χ3n) is 12.6. The second-order valence-electron chi connectivity index (χ2n) is 19.5. The molecule has 1 fully saturated rings. The third-order valence-corrected chi connectivity index (χ3v) is 12.6. The zero-order valence-electron chi connectivity index (χ0n) is 46.8. The van der Waals surface area contributed by atoms with Crippen LogP contribution >= 0.6 is 0 Å². The molecule has 76 heavy (non-hydrogen) atoms. The van der Waals surface area contributed by atoms with Crippen molar-refractivity contribution in [3.8, 4) is 0 Å². The molecular weight excluding hydrogens is 969 g/mol. The summed E-state index contributed by atoms with van der Waals surface area (Å²) in [5, 5.41) is 17.4. The Morgan fingerprint density at radius 2 is 1.30 bits per heavy atom. The van der Waals surface area contributed by atoms with Crippen LogP contribution in [0.2, 0.25) is 0 Å². The molecular formula is C57H94N10O9. The van der Waals surface area contributed by atoms with Crippen LogP contribution in [0.3, 0.4) is 0 Å². The highest BCUT2D eigenvalue weighted by molar-refractivity contribution is 5.94. The highest BCUT2D eigenvalue weighted by Gasteiger charge is 2.26. The summed E-state index contributed by atoms with van der Waals surface area (Å²) in [5.74, 6) is -2.97. The predicted octanol–water partition coefficient (Wildman–Crippen LogP) is 4.83. The molecule has 0 aromatic heterocycles. The number of carbonyl (C=O) groups is 8. The first-order valence-electron chi connectivity index (χ1n) is 27.4. The molecule has 2 aromatic rings. The van der Waals surface area contributed by atoms with Gasteiger partial charge in [0.2, 0.25) is 29.5 Å². The van der Waals surface area contributed by atoms with Crippen molar-refractivity contribution in [1.82, 2.24) is 41.7 Å². The van der Waals surface area contributed by atoms with Gasteiger partial charge >= 0.3 is 0 Å². The summed E-state index contributed by atoms with van der Waals surface area (Å²) in [7, 11) is 0. The molecule has 0 bridgehead atoms. The number of aliphatic hydroxyl groups excluding tert-OH is 1. The van der Waals surface area contributed by atoms with E-state index in [1.54, 1.807) is 25.1 Å². The predicted molar refractivity (Wildman–Crippen MR) is 298 cm³/mol. The van der Waals surface area contributed by atoms with Gasteiger partial charge in [-0.05, 0) is 99.7 Å². The second-order valence-corrected chi connectivity index (χ2v) is 19.5.